The molecule has 3 heteroatoms. The Morgan fingerprint density at radius 1 is 0.938 bits per heavy atom. The highest BCUT2D eigenvalue weighted by Crippen LogP contribution is 2.14. The molecule has 0 aliphatic heterocycles. The molecule has 16 heavy (non-hydrogen) atoms. The molecular weight excluding hydrogens is 264 g/mol. The zero-order valence-corrected chi connectivity index (χ0v) is 10.4. The number of nitrogens with one attached hydrogen (secondary N) is 2. The highest BCUT2D eigenvalue weighted by atomic mass is 79.9. The number of hydrazine groups is 1. The summed E-state index contributed by atoms with van der Waals surface area (Å²) in [6, 6.07) is 18.3. The van der Waals surface area contributed by atoms with Gasteiger partial charge >= 0.3 is 0 Å². The maximum Gasteiger partial charge on any atom is 0.0498 e. The molecule has 0 aliphatic carbocycles. The number of hydrogen-bond acceptors (Lipinski definition) is 2. The molecule has 0 radical (unpaired) electrons. The predicted molar refractivity (Wildman–Crippen MR) is 71.0 cm³/mol. The summed E-state index contributed by atoms with van der Waals surface area (Å²) < 4.78 is 1.07. The zero-order chi connectivity index (χ0) is 11.2. The molecule has 0 saturated carbocycles. The molecule has 2 aromatic rings. The average molecular weight is 277 g/mol. The second kappa shape index (κ2) is 5.68. The first-order chi connectivity index (χ1) is 7.84. The second-order valence-electron chi connectivity index (χ2n) is 3.47. The lowest BCUT2D eigenvalue weighted by Gasteiger charge is -2.08. The molecule has 0 bridgehead atoms. The zero-order valence-electron chi connectivity index (χ0n) is 8.78. The van der Waals surface area contributed by atoms with E-state index in [9.17, 15) is 0 Å². The molecule has 2 nitrogen and oxygen atoms in total. The Kier molecular flexibility index (Phi) is 3.97. The minimum Gasteiger partial charge on any atom is -0.321 e. The third-order valence-electron chi connectivity index (χ3n) is 2.19. The van der Waals surface area contributed by atoms with Gasteiger partial charge in [0, 0.05) is 16.7 Å². The molecule has 0 aliphatic rings. The van der Waals surface area contributed by atoms with E-state index in [0.29, 0.717) is 0 Å². The number of anilines is 1. The van der Waals surface area contributed by atoms with Gasteiger partial charge in [-0.15, -0.1) is 0 Å². The Bertz CT molecular complexity index is 443. The van der Waals surface area contributed by atoms with Crippen LogP contribution in [-0.4, -0.2) is 0 Å². The van der Waals surface area contributed by atoms with Gasteiger partial charge in [0.1, 0.15) is 0 Å². The number of hydrogen-bond donors (Lipinski definition) is 2. The number of rotatable bonds is 4. The lowest BCUT2D eigenvalue weighted by atomic mass is 10.2. The summed E-state index contributed by atoms with van der Waals surface area (Å²) in [4.78, 5) is 0. The van der Waals surface area contributed by atoms with Crippen LogP contribution in [0.3, 0.4) is 0 Å². The van der Waals surface area contributed by atoms with Crippen molar-refractivity contribution >= 4 is 21.6 Å². The Balaban J connectivity index is 1.85. The van der Waals surface area contributed by atoms with Crippen LogP contribution in [-0.2, 0) is 6.54 Å². The van der Waals surface area contributed by atoms with Gasteiger partial charge < -0.3 is 5.43 Å². The van der Waals surface area contributed by atoms with Gasteiger partial charge in [0.2, 0.25) is 0 Å². The quantitative estimate of drug-likeness (QED) is 0.835. The van der Waals surface area contributed by atoms with E-state index in [2.05, 4.69) is 38.9 Å². The lowest BCUT2D eigenvalue weighted by Crippen LogP contribution is -2.20. The van der Waals surface area contributed by atoms with Crippen LogP contribution in [0.5, 0.6) is 0 Å². The molecule has 0 fully saturated rings. The standard InChI is InChI=1S/C13H13BrN2/c14-12-7-4-8-13(9-12)16-15-10-11-5-2-1-3-6-11/h1-9,15-16H,10H2. The molecule has 0 heterocycles. The van der Waals surface area contributed by atoms with Crippen LogP contribution in [0.25, 0.3) is 0 Å². The van der Waals surface area contributed by atoms with E-state index >= 15 is 0 Å². The van der Waals surface area contributed by atoms with Crippen molar-refractivity contribution in [2.45, 2.75) is 6.54 Å². The summed E-state index contributed by atoms with van der Waals surface area (Å²) >= 11 is 3.43. The predicted octanol–water partition coefficient (Wildman–Crippen LogP) is 3.57. The van der Waals surface area contributed by atoms with Crippen molar-refractivity contribution < 1.29 is 0 Å². The van der Waals surface area contributed by atoms with Crippen LogP contribution in [0, 0.1) is 0 Å². The van der Waals surface area contributed by atoms with E-state index in [4.69, 9.17) is 0 Å². The van der Waals surface area contributed by atoms with Gasteiger partial charge in [-0.2, -0.15) is 0 Å². The largest absolute Gasteiger partial charge is 0.321 e. The normalized spacial score (nSPS) is 10.1. The fraction of sp³-hybridized carbons (Fsp3) is 0.0769. The molecule has 82 valence electrons. The number of benzene rings is 2. The topological polar surface area (TPSA) is 24.1 Å². The molecule has 0 aromatic heterocycles. The Morgan fingerprint density at radius 3 is 2.50 bits per heavy atom. The van der Waals surface area contributed by atoms with Crippen LogP contribution < -0.4 is 10.9 Å². The first-order valence-corrected chi connectivity index (χ1v) is 5.92. The van der Waals surface area contributed by atoms with E-state index in [1.54, 1.807) is 0 Å². The Labute approximate surface area is 104 Å². The first kappa shape index (κ1) is 11.2. The smallest absolute Gasteiger partial charge is 0.0498 e. The molecular formula is C13H13BrN2. The molecule has 0 spiro atoms. The van der Waals surface area contributed by atoms with Gasteiger partial charge in [-0.1, -0.05) is 52.3 Å². The average Bonchev–Trinajstić information content (AvgIpc) is 2.30. The second-order valence-corrected chi connectivity index (χ2v) is 4.39. The van der Waals surface area contributed by atoms with Gasteiger partial charge in [-0.05, 0) is 23.8 Å². The minimum atomic E-state index is 0.799. The van der Waals surface area contributed by atoms with Gasteiger partial charge in [-0.3, -0.25) is 0 Å². The maximum atomic E-state index is 3.43. The van der Waals surface area contributed by atoms with Crippen molar-refractivity contribution in [1.82, 2.24) is 5.43 Å². The summed E-state index contributed by atoms with van der Waals surface area (Å²) in [6.07, 6.45) is 0. The summed E-state index contributed by atoms with van der Waals surface area (Å²) in [5.74, 6) is 0. The van der Waals surface area contributed by atoms with Crippen molar-refractivity contribution in [1.29, 1.82) is 0 Å². The van der Waals surface area contributed by atoms with E-state index in [1.165, 1.54) is 5.56 Å². The summed E-state index contributed by atoms with van der Waals surface area (Å²) in [5.41, 5.74) is 8.63. The van der Waals surface area contributed by atoms with Crippen LogP contribution >= 0.6 is 15.9 Å². The molecule has 2 aromatic carbocycles. The molecule has 2 rings (SSSR count). The molecule has 0 atom stereocenters. The van der Waals surface area contributed by atoms with Gasteiger partial charge in [0.05, 0.1) is 0 Å². The molecule has 2 N–H and O–H groups in total. The molecule has 0 unspecified atom stereocenters. The van der Waals surface area contributed by atoms with Crippen molar-refractivity contribution in [3.63, 3.8) is 0 Å². The number of halogens is 1. The van der Waals surface area contributed by atoms with Crippen molar-refractivity contribution in [3.8, 4) is 0 Å². The lowest BCUT2D eigenvalue weighted by molar-refractivity contribution is 0.801. The van der Waals surface area contributed by atoms with Crippen molar-refractivity contribution in [2.24, 2.45) is 0 Å². The van der Waals surface area contributed by atoms with Crippen LogP contribution in [0.15, 0.2) is 59.1 Å². The third kappa shape index (κ3) is 3.36. The van der Waals surface area contributed by atoms with Crippen LogP contribution in [0.4, 0.5) is 5.69 Å². The highest BCUT2D eigenvalue weighted by Gasteiger charge is 1.93. The summed E-state index contributed by atoms with van der Waals surface area (Å²) in [5, 5.41) is 0. The van der Waals surface area contributed by atoms with Gasteiger partial charge in [0.25, 0.3) is 0 Å². The fourth-order valence-electron chi connectivity index (χ4n) is 1.41. The molecule has 0 amide bonds. The third-order valence-corrected chi connectivity index (χ3v) is 2.69. The SMILES string of the molecule is Brc1cccc(NNCc2ccccc2)c1. The van der Waals surface area contributed by atoms with Gasteiger partial charge in [-0.25, -0.2) is 5.43 Å². The van der Waals surface area contributed by atoms with Crippen LogP contribution in [0.1, 0.15) is 5.56 Å². The first-order valence-electron chi connectivity index (χ1n) is 5.13. The minimum absolute atomic E-state index is 0.799. The summed E-state index contributed by atoms with van der Waals surface area (Å²) in [7, 11) is 0. The monoisotopic (exact) mass is 276 g/mol. The fourth-order valence-corrected chi connectivity index (χ4v) is 1.81. The Morgan fingerprint density at radius 2 is 1.75 bits per heavy atom. The van der Waals surface area contributed by atoms with E-state index < -0.39 is 0 Å². The van der Waals surface area contributed by atoms with Crippen molar-refractivity contribution in [3.05, 3.63) is 64.6 Å². The van der Waals surface area contributed by atoms with Gasteiger partial charge in [0.15, 0.2) is 0 Å². The van der Waals surface area contributed by atoms with Crippen LogP contribution in [0.2, 0.25) is 0 Å². The van der Waals surface area contributed by atoms with E-state index in [0.717, 1.165) is 16.7 Å². The Hall–Kier alpha value is -1.32. The van der Waals surface area contributed by atoms with Crippen molar-refractivity contribution in [2.75, 3.05) is 5.43 Å². The highest BCUT2D eigenvalue weighted by molar-refractivity contribution is 9.10. The van der Waals surface area contributed by atoms with E-state index in [-0.39, 0.29) is 0 Å². The summed E-state index contributed by atoms with van der Waals surface area (Å²) in [6.45, 7) is 0.799. The maximum absolute atomic E-state index is 3.43. The van der Waals surface area contributed by atoms with E-state index in [1.807, 2.05) is 42.5 Å². The molecule has 0 saturated heterocycles.